The van der Waals surface area contributed by atoms with Crippen LogP contribution in [-0.2, 0) is 9.84 Å². The number of hydrogen-bond donors (Lipinski definition) is 2. The van der Waals surface area contributed by atoms with Gasteiger partial charge in [0.2, 0.25) is 0 Å². The summed E-state index contributed by atoms with van der Waals surface area (Å²) in [5.74, 6) is 0.0793. The first-order valence-electron chi connectivity index (χ1n) is 6.25. The summed E-state index contributed by atoms with van der Waals surface area (Å²) in [7, 11) is -3.23. The fourth-order valence-corrected chi connectivity index (χ4v) is 3.13. The summed E-state index contributed by atoms with van der Waals surface area (Å²) in [6.07, 6.45) is 2.60. The molecule has 1 aliphatic rings. The summed E-state index contributed by atoms with van der Waals surface area (Å²) in [4.78, 5) is 0.315. The summed E-state index contributed by atoms with van der Waals surface area (Å²) in [6.45, 7) is 2.04. The van der Waals surface area contributed by atoms with Gasteiger partial charge >= 0.3 is 0 Å². The van der Waals surface area contributed by atoms with Gasteiger partial charge in [-0.15, -0.1) is 0 Å². The smallest absolute Gasteiger partial charge is 0.180 e. The fourth-order valence-electron chi connectivity index (χ4n) is 2.06. The minimum absolute atomic E-state index is 0.0793. The van der Waals surface area contributed by atoms with Crippen LogP contribution in [0.25, 0.3) is 0 Å². The van der Waals surface area contributed by atoms with Gasteiger partial charge in [-0.1, -0.05) is 19.1 Å². The van der Waals surface area contributed by atoms with Gasteiger partial charge < -0.3 is 10.4 Å². The minimum Gasteiger partial charge on any atom is -0.388 e. The Morgan fingerprint density at radius 3 is 2.56 bits per heavy atom. The van der Waals surface area contributed by atoms with E-state index in [9.17, 15) is 13.5 Å². The highest BCUT2D eigenvalue weighted by Crippen LogP contribution is 2.32. The molecule has 100 valence electrons. The molecule has 2 N–H and O–H groups in total. The van der Waals surface area contributed by atoms with Gasteiger partial charge in [-0.3, -0.25) is 0 Å². The maximum Gasteiger partial charge on any atom is 0.180 e. The van der Waals surface area contributed by atoms with Gasteiger partial charge in [0.1, 0.15) is 0 Å². The molecule has 0 aromatic heterocycles. The lowest BCUT2D eigenvalue weighted by Crippen LogP contribution is -2.43. The van der Waals surface area contributed by atoms with Crippen LogP contribution in [0.15, 0.2) is 29.2 Å². The Morgan fingerprint density at radius 1 is 1.33 bits per heavy atom. The quantitative estimate of drug-likeness (QED) is 0.855. The van der Waals surface area contributed by atoms with Crippen LogP contribution in [0, 0.1) is 0 Å². The van der Waals surface area contributed by atoms with E-state index in [4.69, 9.17) is 0 Å². The minimum atomic E-state index is -3.23. The van der Waals surface area contributed by atoms with Crippen molar-refractivity contribution in [2.45, 2.75) is 36.7 Å². The molecule has 1 fully saturated rings. The number of rotatable bonds is 5. The largest absolute Gasteiger partial charge is 0.388 e. The van der Waals surface area contributed by atoms with Crippen LogP contribution in [0.4, 0.5) is 5.69 Å². The summed E-state index contributed by atoms with van der Waals surface area (Å²) in [6, 6.07) is 6.85. The molecule has 0 spiro atoms. The lowest BCUT2D eigenvalue weighted by atomic mass is 9.80. The van der Waals surface area contributed by atoms with Gasteiger partial charge in [-0.05, 0) is 31.4 Å². The second-order valence-electron chi connectivity index (χ2n) is 4.83. The molecule has 2 rings (SSSR count). The van der Waals surface area contributed by atoms with E-state index in [1.54, 1.807) is 31.2 Å². The summed E-state index contributed by atoms with van der Waals surface area (Å²) < 4.78 is 23.9. The topological polar surface area (TPSA) is 66.4 Å². The van der Waals surface area contributed by atoms with E-state index in [1.807, 2.05) is 0 Å². The van der Waals surface area contributed by atoms with Crippen LogP contribution in [0.5, 0.6) is 0 Å². The van der Waals surface area contributed by atoms with Crippen molar-refractivity contribution in [2.24, 2.45) is 0 Å². The summed E-state index contributed by atoms with van der Waals surface area (Å²) in [5, 5.41) is 13.1. The van der Waals surface area contributed by atoms with Crippen LogP contribution in [0.3, 0.4) is 0 Å². The van der Waals surface area contributed by atoms with E-state index in [-0.39, 0.29) is 5.75 Å². The van der Waals surface area contributed by atoms with E-state index < -0.39 is 15.4 Å². The summed E-state index contributed by atoms with van der Waals surface area (Å²) in [5.41, 5.74) is -0.0806. The third-order valence-electron chi connectivity index (χ3n) is 3.49. The van der Waals surface area contributed by atoms with Crippen molar-refractivity contribution in [1.29, 1.82) is 0 Å². The second-order valence-corrected chi connectivity index (χ2v) is 7.08. The van der Waals surface area contributed by atoms with Crippen LogP contribution < -0.4 is 5.32 Å². The predicted octanol–water partition coefficient (Wildman–Crippen LogP) is 1.81. The molecule has 0 unspecified atom stereocenters. The van der Waals surface area contributed by atoms with Gasteiger partial charge in [0, 0.05) is 6.54 Å². The molecule has 0 aliphatic heterocycles. The van der Waals surface area contributed by atoms with Crippen LogP contribution in [0.1, 0.15) is 26.2 Å². The molecule has 0 heterocycles. The molecule has 0 bridgehead atoms. The lowest BCUT2D eigenvalue weighted by molar-refractivity contribution is -0.0202. The Morgan fingerprint density at radius 2 is 2.00 bits per heavy atom. The maximum atomic E-state index is 11.9. The van der Waals surface area contributed by atoms with Crippen LogP contribution in [-0.4, -0.2) is 31.4 Å². The highest BCUT2D eigenvalue weighted by atomic mass is 32.2. The molecular formula is C13H19NO3S. The Balaban J connectivity index is 2.18. The average molecular weight is 269 g/mol. The molecule has 0 amide bonds. The highest BCUT2D eigenvalue weighted by molar-refractivity contribution is 7.91. The molecule has 5 heteroatoms. The third-order valence-corrected chi connectivity index (χ3v) is 5.28. The molecule has 1 aromatic carbocycles. The zero-order chi connectivity index (χ0) is 13.2. The van der Waals surface area contributed by atoms with E-state index >= 15 is 0 Å². The van der Waals surface area contributed by atoms with Crippen molar-refractivity contribution in [2.75, 3.05) is 17.6 Å². The van der Waals surface area contributed by atoms with Gasteiger partial charge in [-0.25, -0.2) is 8.42 Å². The normalized spacial score (nSPS) is 18.1. The van der Waals surface area contributed by atoms with Crippen molar-refractivity contribution >= 4 is 15.5 Å². The van der Waals surface area contributed by atoms with E-state index in [2.05, 4.69) is 5.32 Å². The third kappa shape index (κ3) is 2.67. The Hall–Kier alpha value is -1.07. The first-order chi connectivity index (χ1) is 8.47. The molecular weight excluding hydrogens is 250 g/mol. The second kappa shape index (κ2) is 4.90. The van der Waals surface area contributed by atoms with Crippen molar-refractivity contribution in [3.05, 3.63) is 24.3 Å². The number of benzene rings is 1. The number of anilines is 1. The molecule has 0 atom stereocenters. The van der Waals surface area contributed by atoms with Crippen molar-refractivity contribution in [3.63, 3.8) is 0 Å². The standard InChI is InChI=1S/C13H19NO3S/c1-2-18(16,17)12-7-4-3-6-11(12)14-10-13(15)8-5-9-13/h3-4,6-7,14-15H,2,5,8-10H2,1H3. The van der Waals surface area contributed by atoms with Gasteiger partial charge in [0.05, 0.1) is 21.9 Å². The number of hydrogen-bond acceptors (Lipinski definition) is 4. The summed E-state index contributed by atoms with van der Waals surface area (Å²) >= 11 is 0. The zero-order valence-electron chi connectivity index (χ0n) is 10.5. The first-order valence-corrected chi connectivity index (χ1v) is 7.90. The monoisotopic (exact) mass is 269 g/mol. The molecule has 0 radical (unpaired) electrons. The van der Waals surface area contributed by atoms with Gasteiger partial charge in [0.25, 0.3) is 0 Å². The number of aliphatic hydroxyl groups is 1. The zero-order valence-corrected chi connectivity index (χ0v) is 11.3. The molecule has 1 aromatic rings. The molecule has 18 heavy (non-hydrogen) atoms. The lowest BCUT2D eigenvalue weighted by Gasteiger charge is -2.37. The number of nitrogens with one attached hydrogen (secondary N) is 1. The highest BCUT2D eigenvalue weighted by Gasteiger charge is 2.34. The maximum absolute atomic E-state index is 11.9. The van der Waals surface area contributed by atoms with Crippen molar-refractivity contribution in [3.8, 4) is 0 Å². The average Bonchev–Trinajstić information content (AvgIpc) is 2.34. The van der Waals surface area contributed by atoms with Crippen molar-refractivity contribution < 1.29 is 13.5 Å². The molecule has 0 saturated heterocycles. The molecule has 1 saturated carbocycles. The van der Waals surface area contributed by atoms with E-state index in [0.717, 1.165) is 19.3 Å². The van der Waals surface area contributed by atoms with Gasteiger partial charge in [0.15, 0.2) is 9.84 Å². The Kier molecular flexibility index (Phi) is 3.64. The van der Waals surface area contributed by atoms with E-state index in [0.29, 0.717) is 17.1 Å². The Bertz CT molecular complexity index is 521. The molecule has 4 nitrogen and oxygen atoms in total. The predicted molar refractivity (Wildman–Crippen MR) is 71.5 cm³/mol. The van der Waals surface area contributed by atoms with Crippen LogP contribution >= 0.6 is 0 Å². The first kappa shape index (κ1) is 13.4. The number of para-hydroxylation sites is 1. The fraction of sp³-hybridized carbons (Fsp3) is 0.538. The van der Waals surface area contributed by atoms with Gasteiger partial charge in [-0.2, -0.15) is 0 Å². The number of sulfone groups is 1. The Labute approximate surface area is 108 Å². The van der Waals surface area contributed by atoms with E-state index in [1.165, 1.54) is 0 Å². The molecule has 1 aliphatic carbocycles. The van der Waals surface area contributed by atoms with Crippen LogP contribution in [0.2, 0.25) is 0 Å². The SMILES string of the molecule is CCS(=O)(=O)c1ccccc1NCC1(O)CCC1. The van der Waals surface area contributed by atoms with Crippen molar-refractivity contribution in [1.82, 2.24) is 0 Å².